The number of aliphatic carboxylic acids is 1. The molecule has 0 rings (SSSR count). The lowest BCUT2D eigenvalue weighted by Gasteiger charge is -2.13. The Balaban J connectivity index is 3.86. The Hall–Kier alpha value is -1.14. The normalized spacial score (nSPS) is 14.2. The van der Waals surface area contributed by atoms with Crippen molar-refractivity contribution in [1.29, 1.82) is 0 Å². The van der Waals surface area contributed by atoms with Crippen molar-refractivity contribution in [3.63, 3.8) is 0 Å². The average molecular weight is 232 g/mol. The van der Waals surface area contributed by atoms with Crippen molar-refractivity contribution in [1.82, 2.24) is 5.32 Å². The smallest absolute Gasteiger partial charge is 0.326 e. The third kappa shape index (κ3) is 7.19. The number of carbonyl (C=O) groups excluding carboxylic acids is 1. The van der Waals surface area contributed by atoms with Gasteiger partial charge in [0, 0.05) is 25.5 Å². The van der Waals surface area contributed by atoms with Crippen molar-refractivity contribution in [2.45, 2.75) is 44.7 Å². The molecule has 0 saturated heterocycles. The second-order valence-corrected chi connectivity index (χ2v) is 3.84. The van der Waals surface area contributed by atoms with E-state index >= 15 is 0 Å². The van der Waals surface area contributed by atoms with Crippen LogP contribution in [0.4, 0.5) is 0 Å². The Morgan fingerprint density at radius 3 is 2.44 bits per heavy atom. The Labute approximate surface area is 94.8 Å². The molecular formula is C10H20N2O4. The minimum Gasteiger partial charge on any atom is -0.480 e. The van der Waals surface area contributed by atoms with Crippen LogP contribution in [0.3, 0.4) is 0 Å². The SMILES string of the molecule is CC(N)CCCC(=O)N[C@@H](CCO)C(=O)O. The van der Waals surface area contributed by atoms with E-state index in [2.05, 4.69) is 5.32 Å². The summed E-state index contributed by atoms with van der Waals surface area (Å²) in [7, 11) is 0. The average Bonchev–Trinajstić information content (AvgIpc) is 2.16. The van der Waals surface area contributed by atoms with Gasteiger partial charge in [-0.3, -0.25) is 4.79 Å². The Morgan fingerprint density at radius 1 is 1.38 bits per heavy atom. The first kappa shape index (κ1) is 14.9. The molecule has 0 spiro atoms. The summed E-state index contributed by atoms with van der Waals surface area (Å²) in [6, 6.07) is -0.965. The molecule has 6 nitrogen and oxygen atoms in total. The summed E-state index contributed by atoms with van der Waals surface area (Å²) in [5.41, 5.74) is 5.52. The second-order valence-electron chi connectivity index (χ2n) is 3.84. The van der Waals surface area contributed by atoms with Gasteiger partial charge < -0.3 is 21.3 Å². The van der Waals surface area contributed by atoms with Gasteiger partial charge in [-0.05, 0) is 19.8 Å². The molecule has 0 aliphatic heterocycles. The van der Waals surface area contributed by atoms with Gasteiger partial charge in [-0.1, -0.05) is 0 Å². The number of aliphatic hydroxyl groups excluding tert-OH is 1. The Morgan fingerprint density at radius 2 is 2.00 bits per heavy atom. The van der Waals surface area contributed by atoms with E-state index in [1.165, 1.54) is 0 Å². The molecule has 2 atom stereocenters. The number of hydrogen-bond donors (Lipinski definition) is 4. The first-order chi connectivity index (χ1) is 7.47. The first-order valence-electron chi connectivity index (χ1n) is 5.36. The predicted molar refractivity (Wildman–Crippen MR) is 58.8 cm³/mol. The molecule has 0 aromatic rings. The van der Waals surface area contributed by atoms with Gasteiger partial charge in [0.15, 0.2) is 0 Å². The number of hydrogen-bond acceptors (Lipinski definition) is 4. The first-order valence-corrected chi connectivity index (χ1v) is 5.36. The van der Waals surface area contributed by atoms with Gasteiger partial charge in [0.2, 0.25) is 5.91 Å². The number of nitrogens with one attached hydrogen (secondary N) is 1. The number of carbonyl (C=O) groups is 2. The number of carboxylic acids is 1. The molecule has 0 aliphatic carbocycles. The lowest BCUT2D eigenvalue weighted by molar-refractivity contribution is -0.142. The molecule has 5 N–H and O–H groups in total. The number of amides is 1. The molecule has 0 radical (unpaired) electrons. The lowest BCUT2D eigenvalue weighted by Crippen LogP contribution is -2.41. The zero-order chi connectivity index (χ0) is 12.6. The lowest BCUT2D eigenvalue weighted by atomic mass is 10.1. The molecule has 0 fully saturated rings. The van der Waals surface area contributed by atoms with Crippen molar-refractivity contribution < 1.29 is 19.8 Å². The topological polar surface area (TPSA) is 113 Å². The fraction of sp³-hybridized carbons (Fsp3) is 0.800. The molecule has 0 aliphatic rings. The monoisotopic (exact) mass is 232 g/mol. The highest BCUT2D eigenvalue weighted by molar-refractivity contribution is 5.83. The van der Waals surface area contributed by atoms with Crippen LogP contribution in [0.2, 0.25) is 0 Å². The largest absolute Gasteiger partial charge is 0.480 e. The molecule has 0 saturated carbocycles. The van der Waals surface area contributed by atoms with Gasteiger partial charge in [0.05, 0.1) is 0 Å². The summed E-state index contributed by atoms with van der Waals surface area (Å²) < 4.78 is 0. The van der Waals surface area contributed by atoms with E-state index in [1.54, 1.807) is 0 Å². The molecule has 0 bridgehead atoms. The highest BCUT2D eigenvalue weighted by Crippen LogP contribution is 2.00. The van der Waals surface area contributed by atoms with Crippen molar-refractivity contribution >= 4 is 11.9 Å². The molecule has 0 aromatic carbocycles. The standard InChI is InChI=1S/C10H20N2O4/c1-7(11)3-2-4-9(14)12-8(5-6-13)10(15)16/h7-8,13H,2-6,11H2,1H3,(H,12,14)(H,15,16)/t7?,8-/m0/s1. The third-order valence-electron chi connectivity index (χ3n) is 2.11. The summed E-state index contributed by atoms with van der Waals surface area (Å²) in [5.74, 6) is -1.45. The maximum atomic E-state index is 11.3. The molecule has 0 heterocycles. The van der Waals surface area contributed by atoms with E-state index in [1.807, 2.05) is 6.92 Å². The van der Waals surface area contributed by atoms with Crippen LogP contribution in [0, 0.1) is 0 Å². The summed E-state index contributed by atoms with van der Waals surface area (Å²) >= 11 is 0. The summed E-state index contributed by atoms with van der Waals surface area (Å²) in [5, 5.41) is 19.7. The van der Waals surface area contributed by atoms with E-state index in [0.29, 0.717) is 6.42 Å². The van der Waals surface area contributed by atoms with Gasteiger partial charge in [-0.2, -0.15) is 0 Å². The summed E-state index contributed by atoms with van der Waals surface area (Å²) in [4.78, 5) is 22.0. The molecule has 16 heavy (non-hydrogen) atoms. The van der Waals surface area contributed by atoms with Gasteiger partial charge in [0.1, 0.15) is 6.04 Å². The maximum Gasteiger partial charge on any atom is 0.326 e. The van der Waals surface area contributed by atoms with Crippen LogP contribution < -0.4 is 11.1 Å². The van der Waals surface area contributed by atoms with E-state index in [-0.39, 0.29) is 31.4 Å². The highest BCUT2D eigenvalue weighted by atomic mass is 16.4. The number of aliphatic hydroxyl groups is 1. The molecule has 0 aromatic heterocycles. The van der Waals surface area contributed by atoms with Crippen LogP contribution in [-0.2, 0) is 9.59 Å². The van der Waals surface area contributed by atoms with Gasteiger partial charge in [-0.15, -0.1) is 0 Å². The predicted octanol–water partition coefficient (Wildman–Crippen LogP) is -0.544. The molecule has 1 amide bonds. The summed E-state index contributed by atoms with van der Waals surface area (Å²) in [6.45, 7) is 1.58. The van der Waals surface area contributed by atoms with Crippen molar-refractivity contribution in [3.8, 4) is 0 Å². The van der Waals surface area contributed by atoms with Crippen LogP contribution in [0.15, 0.2) is 0 Å². The minimum atomic E-state index is -1.13. The number of nitrogens with two attached hydrogens (primary N) is 1. The Kier molecular flexibility index (Phi) is 7.49. The third-order valence-corrected chi connectivity index (χ3v) is 2.11. The zero-order valence-electron chi connectivity index (χ0n) is 9.48. The van der Waals surface area contributed by atoms with Crippen LogP contribution in [0.5, 0.6) is 0 Å². The van der Waals surface area contributed by atoms with Gasteiger partial charge >= 0.3 is 5.97 Å². The van der Waals surface area contributed by atoms with Crippen LogP contribution in [0.1, 0.15) is 32.6 Å². The van der Waals surface area contributed by atoms with Crippen LogP contribution in [-0.4, -0.2) is 40.8 Å². The maximum absolute atomic E-state index is 11.3. The molecule has 94 valence electrons. The number of rotatable bonds is 8. The van der Waals surface area contributed by atoms with Gasteiger partial charge in [0.25, 0.3) is 0 Å². The van der Waals surface area contributed by atoms with Crippen molar-refractivity contribution in [3.05, 3.63) is 0 Å². The minimum absolute atomic E-state index is 0.0222. The van der Waals surface area contributed by atoms with E-state index in [4.69, 9.17) is 15.9 Å². The quantitative estimate of drug-likeness (QED) is 0.449. The number of carboxylic acid groups (broad SMARTS) is 1. The van der Waals surface area contributed by atoms with Gasteiger partial charge in [-0.25, -0.2) is 4.79 Å². The molecular weight excluding hydrogens is 212 g/mol. The van der Waals surface area contributed by atoms with Crippen molar-refractivity contribution in [2.24, 2.45) is 5.73 Å². The van der Waals surface area contributed by atoms with E-state index in [9.17, 15) is 9.59 Å². The van der Waals surface area contributed by atoms with Crippen LogP contribution in [0.25, 0.3) is 0 Å². The van der Waals surface area contributed by atoms with E-state index in [0.717, 1.165) is 6.42 Å². The zero-order valence-corrected chi connectivity index (χ0v) is 9.48. The fourth-order valence-corrected chi connectivity index (χ4v) is 1.24. The van der Waals surface area contributed by atoms with Crippen molar-refractivity contribution in [2.75, 3.05) is 6.61 Å². The van der Waals surface area contributed by atoms with E-state index < -0.39 is 12.0 Å². The Bertz CT molecular complexity index is 231. The molecule has 6 heteroatoms. The summed E-state index contributed by atoms with van der Waals surface area (Å²) in [6.07, 6.45) is 1.64. The molecule has 1 unspecified atom stereocenters. The highest BCUT2D eigenvalue weighted by Gasteiger charge is 2.18. The fourth-order valence-electron chi connectivity index (χ4n) is 1.24. The van der Waals surface area contributed by atoms with Crippen LogP contribution >= 0.6 is 0 Å². The second kappa shape index (κ2) is 8.06.